The zero-order valence-electron chi connectivity index (χ0n) is 9.38. The fourth-order valence-corrected chi connectivity index (χ4v) is 1.91. The Morgan fingerprint density at radius 1 is 0.429 bits per heavy atom. The fourth-order valence-electron chi connectivity index (χ4n) is 1.91. The highest BCUT2D eigenvalue weighted by Gasteiger charge is 1.91. The molecule has 0 nitrogen and oxygen atoms in total. The van der Waals surface area contributed by atoms with E-state index in [1.165, 1.54) is 57.8 Å². The molecule has 0 heteroatoms. The molecule has 0 aromatic heterocycles. The van der Waals surface area contributed by atoms with Gasteiger partial charge in [-0.05, 0) is 32.1 Å². The zero-order valence-corrected chi connectivity index (χ0v) is 9.38. The largest absolute Gasteiger partial charge is 0.0882 e. The van der Waals surface area contributed by atoms with Crippen LogP contribution in [0.1, 0.15) is 64.2 Å². The summed E-state index contributed by atoms with van der Waals surface area (Å²) in [7, 11) is 0. The second kappa shape index (κ2) is 9.05. The second-order valence-electron chi connectivity index (χ2n) is 4.23. The number of hydrogen-bond donors (Lipinski definition) is 0. The molecule has 1 aliphatic rings. The van der Waals surface area contributed by atoms with Gasteiger partial charge in [0, 0.05) is 0 Å². The van der Waals surface area contributed by atoms with Gasteiger partial charge in [0.15, 0.2) is 0 Å². The zero-order chi connectivity index (χ0) is 9.90. The smallest absolute Gasteiger partial charge is 0.0169 e. The van der Waals surface area contributed by atoms with Crippen molar-refractivity contribution in [2.45, 2.75) is 64.2 Å². The van der Waals surface area contributed by atoms with Crippen molar-refractivity contribution in [2.24, 2.45) is 0 Å². The van der Waals surface area contributed by atoms with Gasteiger partial charge in [-0.15, -0.1) is 0 Å². The first-order chi connectivity index (χ1) is 7.00. The predicted molar refractivity (Wildman–Crippen MR) is 64.5 cm³/mol. The third-order valence-corrected chi connectivity index (χ3v) is 2.85. The van der Waals surface area contributed by atoms with Crippen molar-refractivity contribution in [1.82, 2.24) is 0 Å². The maximum atomic E-state index is 2.34. The van der Waals surface area contributed by atoms with Crippen LogP contribution in [0.3, 0.4) is 0 Å². The normalized spacial score (nSPS) is 24.0. The van der Waals surface area contributed by atoms with Gasteiger partial charge in [-0.2, -0.15) is 0 Å². The minimum Gasteiger partial charge on any atom is -0.0882 e. The summed E-state index contributed by atoms with van der Waals surface area (Å²) in [4.78, 5) is 0. The molecule has 80 valence electrons. The summed E-state index contributed by atoms with van der Waals surface area (Å²) in [6.45, 7) is 0. The highest BCUT2D eigenvalue weighted by molar-refractivity contribution is 4.92. The van der Waals surface area contributed by atoms with Gasteiger partial charge in [-0.1, -0.05) is 56.4 Å². The van der Waals surface area contributed by atoms with Crippen molar-refractivity contribution in [3.05, 3.63) is 24.3 Å². The van der Waals surface area contributed by atoms with E-state index < -0.39 is 0 Å². The van der Waals surface area contributed by atoms with E-state index in [-0.39, 0.29) is 0 Å². The summed E-state index contributed by atoms with van der Waals surface area (Å²) >= 11 is 0. The Hall–Kier alpha value is -0.520. The number of allylic oxidation sites excluding steroid dienone is 4. The van der Waals surface area contributed by atoms with Crippen molar-refractivity contribution in [3.8, 4) is 0 Å². The van der Waals surface area contributed by atoms with Crippen LogP contribution in [0.15, 0.2) is 24.3 Å². The first-order valence-electron chi connectivity index (χ1n) is 6.30. The van der Waals surface area contributed by atoms with Crippen LogP contribution in [0, 0.1) is 0 Å². The van der Waals surface area contributed by atoms with Crippen molar-refractivity contribution in [1.29, 1.82) is 0 Å². The quantitative estimate of drug-likeness (QED) is 0.473. The van der Waals surface area contributed by atoms with Crippen molar-refractivity contribution < 1.29 is 0 Å². The Labute approximate surface area is 89.1 Å². The summed E-state index contributed by atoms with van der Waals surface area (Å²) in [6.07, 6.45) is 23.0. The van der Waals surface area contributed by atoms with Crippen LogP contribution < -0.4 is 0 Å². The first kappa shape index (κ1) is 11.6. The summed E-state index contributed by atoms with van der Waals surface area (Å²) in [5.41, 5.74) is 0. The van der Waals surface area contributed by atoms with Crippen LogP contribution in [-0.2, 0) is 0 Å². The molecule has 0 aromatic rings. The van der Waals surface area contributed by atoms with Crippen molar-refractivity contribution >= 4 is 0 Å². The lowest BCUT2D eigenvalue weighted by molar-refractivity contribution is 0.583. The van der Waals surface area contributed by atoms with Gasteiger partial charge < -0.3 is 0 Å². The molecule has 0 atom stereocenters. The van der Waals surface area contributed by atoms with Crippen LogP contribution in [0.2, 0.25) is 0 Å². The third kappa shape index (κ3) is 6.94. The molecule has 0 unspecified atom stereocenters. The Morgan fingerprint density at radius 2 is 0.857 bits per heavy atom. The standard InChI is InChI=1S/C14H24/c1-2-4-6-8-10-12-14-13-11-9-7-5-3-1/h1-2,5,7H,3-4,6,8-14H2/b2-1+,7-5?. The molecule has 0 aromatic carbocycles. The van der Waals surface area contributed by atoms with Crippen LogP contribution in [0.5, 0.6) is 0 Å². The Kier molecular flexibility index (Phi) is 7.47. The molecule has 0 fully saturated rings. The molecule has 0 saturated heterocycles. The molecule has 0 bridgehead atoms. The monoisotopic (exact) mass is 192 g/mol. The molecule has 0 N–H and O–H groups in total. The van der Waals surface area contributed by atoms with E-state index in [0.717, 1.165) is 6.42 Å². The number of hydrogen-bond acceptors (Lipinski definition) is 0. The summed E-state index contributed by atoms with van der Waals surface area (Å²) in [6, 6.07) is 0. The lowest BCUT2D eigenvalue weighted by Gasteiger charge is -2.00. The maximum absolute atomic E-state index is 2.34. The van der Waals surface area contributed by atoms with Crippen LogP contribution in [0.4, 0.5) is 0 Å². The highest BCUT2D eigenvalue weighted by Crippen LogP contribution is 2.11. The predicted octanol–water partition coefficient (Wildman–Crippen LogP) is 5.01. The lowest BCUT2D eigenvalue weighted by atomic mass is 10.1. The van der Waals surface area contributed by atoms with Gasteiger partial charge in [0.25, 0.3) is 0 Å². The number of rotatable bonds is 0. The van der Waals surface area contributed by atoms with Gasteiger partial charge in [0.2, 0.25) is 0 Å². The van der Waals surface area contributed by atoms with Crippen molar-refractivity contribution in [2.75, 3.05) is 0 Å². The molecular formula is C14H24. The van der Waals surface area contributed by atoms with Gasteiger partial charge in [0.1, 0.15) is 0 Å². The highest BCUT2D eigenvalue weighted by atomic mass is 14.0. The van der Waals surface area contributed by atoms with E-state index in [1.54, 1.807) is 0 Å². The molecule has 0 aliphatic heterocycles. The van der Waals surface area contributed by atoms with E-state index in [2.05, 4.69) is 24.3 Å². The molecule has 14 heavy (non-hydrogen) atoms. The molecule has 1 aliphatic carbocycles. The average molecular weight is 192 g/mol. The van der Waals surface area contributed by atoms with Gasteiger partial charge in [-0.3, -0.25) is 0 Å². The minimum atomic E-state index is 1.14. The fraction of sp³-hybridized carbons (Fsp3) is 0.714. The van der Waals surface area contributed by atoms with E-state index in [9.17, 15) is 0 Å². The SMILES string of the molecule is C1=CCCCCCCCCC/C=C/C1. The third-order valence-electron chi connectivity index (χ3n) is 2.85. The second-order valence-corrected chi connectivity index (χ2v) is 4.23. The molecule has 0 amide bonds. The Morgan fingerprint density at radius 3 is 1.36 bits per heavy atom. The molecule has 0 heterocycles. The molecule has 1 rings (SSSR count). The van der Waals surface area contributed by atoms with Gasteiger partial charge >= 0.3 is 0 Å². The lowest BCUT2D eigenvalue weighted by Crippen LogP contribution is -1.81. The Bertz CT molecular complexity index is 147. The van der Waals surface area contributed by atoms with Crippen LogP contribution in [0.25, 0.3) is 0 Å². The molecular weight excluding hydrogens is 168 g/mol. The van der Waals surface area contributed by atoms with Gasteiger partial charge in [0.05, 0.1) is 0 Å². The average Bonchev–Trinajstić information content (AvgIpc) is 2.22. The van der Waals surface area contributed by atoms with Crippen LogP contribution in [-0.4, -0.2) is 0 Å². The van der Waals surface area contributed by atoms with E-state index in [1.807, 2.05) is 0 Å². The van der Waals surface area contributed by atoms with E-state index in [0.29, 0.717) is 0 Å². The topological polar surface area (TPSA) is 0 Å². The summed E-state index contributed by atoms with van der Waals surface area (Å²) in [5, 5.41) is 0. The van der Waals surface area contributed by atoms with Gasteiger partial charge in [-0.25, -0.2) is 0 Å². The minimum absolute atomic E-state index is 1.14. The first-order valence-corrected chi connectivity index (χ1v) is 6.30. The summed E-state index contributed by atoms with van der Waals surface area (Å²) in [5.74, 6) is 0. The maximum Gasteiger partial charge on any atom is -0.0169 e. The van der Waals surface area contributed by atoms with Crippen molar-refractivity contribution in [3.63, 3.8) is 0 Å². The molecule has 0 radical (unpaired) electrons. The molecule has 0 spiro atoms. The van der Waals surface area contributed by atoms with E-state index >= 15 is 0 Å². The molecule has 0 saturated carbocycles. The van der Waals surface area contributed by atoms with Crippen LogP contribution >= 0.6 is 0 Å². The summed E-state index contributed by atoms with van der Waals surface area (Å²) < 4.78 is 0. The van der Waals surface area contributed by atoms with E-state index in [4.69, 9.17) is 0 Å². The Balaban J connectivity index is 2.17.